The van der Waals surface area contributed by atoms with Crippen molar-refractivity contribution >= 4 is 22.8 Å². The number of nitrogens with zero attached hydrogens (tertiary/aromatic N) is 2. The van der Waals surface area contributed by atoms with Gasteiger partial charge in [0.05, 0.1) is 19.3 Å². The number of halogens is 1. The van der Waals surface area contributed by atoms with Crippen molar-refractivity contribution in [3.05, 3.63) is 64.5 Å². The quantitative estimate of drug-likeness (QED) is 0.593. The van der Waals surface area contributed by atoms with Crippen LogP contribution in [-0.4, -0.2) is 50.1 Å². The van der Waals surface area contributed by atoms with E-state index in [-0.39, 0.29) is 18.6 Å². The summed E-state index contributed by atoms with van der Waals surface area (Å²) < 4.78 is 24.9. The fourth-order valence-electron chi connectivity index (χ4n) is 6.89. The summed E-state index contributed by atoms with van der Waals surface area (Å²) in [6.07, 6.45) is 12.4. The second kappa shape index (κ2) is 9.31. The molecule has 36 heavy (non-hydrogen) atoms. The number of ether oxygens (including phenoxy) is 1. The van der Waals surface area contributed by atoms with E-state index in [4.69, 9.17) is 9.15 Å². The average Bonchev–Trinajstić information content (AvgIpc) is 3.48. The molecule has 0 radical (unpaired) electrons. The zero-order valence-electron chi connectivity index (χ0n) is 20.7. The lowest BCUT2D eigenvalue weighted by Crippen LogP contribution is -2.46. The summed E-state index contributed by atoms with van der Waals surface area (Å²) in [7, 11) is 0. The molecule has 2 fully saturated rings. The first-order valence-corrected chi connectivity index (χ1v) is 13.6. The molecule has 2 unspecified atom stereocenters. The number of allylic oxidation sites excluding steroid dienone is 4. The number of fused-ring (bicyclic) bond motifs is 3. The summed E-state index contributed by atoms with van der Waals surface area (Å²) in [6.45, 7) is 3.88. The number of nitrogens with one attached hydrogen (secondary N) is 1. The van der Waals surface area contributed by atoms with Gasteiger partial charge in [-0.25, -0.2) is 0 Å². The van der Waals surface area contributed by atoms with Crippen molar-refractivity contribution in [3.8, 4) is 0 Å². The average molecular weight is 488 g/mol. The smallest absolute Gasteiger partial charge is 0.134 e. The zero-order chi connectivity index (χ0) is 24.1. The van der Waals surface area contributed by atoms with Gasteiger partial charge in [-0.3, -0.25) is 9.29 Å². The second-order valence-electron chi connectivity index (χ2n) is 11.1. The maximum Gasteiger partial charge on any atom is 0.134 e. The lowest BCUT2D eigenvalue weighted by Gasteiger charge is -2.36. The number of hydrazone groups is 1. The Morgan fingerprint density at radius 1 is 1.08 bits per heavy atom. The van der Waals surface area contributed by atoms with Crippen LogP contribution in [0.5, 0.6) is 0 Å². The van der Waals surface area contributed by atoms with Crippen molar-refractivity contribution in [1.29, 1.82) is 0 Å². The van der Waals surface area contributed by atoms with Gasteiger partial charge in [0.15, 0.2) is 0 Å². The van der Waals surface area contributed by atoms with Crippen LogP contribution in [0, 0.1) is 17.8 Å². The molecular weight excluding hydrogens is 453 g/mol. The third-order valence-electron chi connectivity index (χ3n) is 8.75. The summed E-state index contributed by atoms with van der Waals surface area (Å²) in [4.78, 5) is 2.26. The van der Waals surface area contributed by atoms with Gasteiger partial charge in [-0.1, -0.05) is 35.4 Å². The Hall–Kier alpha value is -2.70. The monoisotopic (exact) mass is 487 g/mol. The van der Waals surface area contributed by atoms with Crippen molar-refractivity contribution in [2.24, 2.45) is 22.9 Å². The van der Waals surface area contributed by atoms with E-state index in [9.17, 15) is 4.39 Å². The molecule has 1 aromatic carbocycles. The van der Waals surface area contributed by atoms with E-state index in [0.717, 1.165) is 75.3 Å². The molecule has 2 aliphatic carbocycles. The minimum atomic E-state index is -0.222. The Balaban J connectivity index is 1.29. The normalized spacial score (nSPS) is 27.2. The molecule has 0 amide bonds. The molecule has 6 heteroatoms. The zero-order valence-corrected chi connectivity index (χ0v) is 20.7. The summed E-state index contributed by atoms with van der Waals surface area (Å²) in [5, 5.41) is 5.55. The lowest BCUT2D eigenvalue weighted by molar-refractivity contribution is 0.0677. The van der Waals surface area contributed by atoms with E-state index < -0.39 is 0 Å². The van der Waals surface area contributed by atoms with Gasteiger partial charge >= 0.3 is 0 Å². The molecule has 3 aliphatic heterocycles. The molecule has 188 valence electrons. The molecule has 1 N–H and O–H groups in total. The number of furan rings is 1. The first kappa shape index (κ1) is 22.5. The highest BCUT2D eigenvalue weighted by Crippen LogP contribution is 2.46. The largest absolute Gasteiger partial charge is 0.460 e. The fraction of sp³-hybridized carbons (Fsp3) is 0.500. The van der Waals surface area contributed by atoms with Crippen LogP contribution in [0.15, 0.2) is 62.7 Å². The van der Waals surface area contributed by atoms with Crippen LogP contribution in [0.1, 0.15) is 43.4 Å². The minimum Gasteiger partial charge on any atom is -0.460 e. The van der Waals surface area contributed by atoms with Crippen molar-refractivity contribution in [3.63, 3.8) is 0 Å². The number of rotatable bonds is 5. The number of alkyl halides is 1. The highest BCUT2D eigenvalue weighted by Gasteiger charge is 2.35. The number of benzene rings is 1. The summed E-state index contributed by atoms with van der Waals surface area (Å²) in [5.41, 5.74) is 11.4. The van der Waals surface area contributed by atoms with E-state index in [1.165, 1.54) is 28.7 Å². The SMILES string of the molecule is FCC1CN(Cc2cc3ccc(C4=C(C5CCOCC5)CCCC5=C4C=CC4NN=CC54)cc3o2)C1. The second-order valence-corrected chi connectivity index (χ2v) is 11.1. The third kappa shape index (κ3) is 3.95. The predicted molar refractivity (Wildman–Crippen MR) is 140 cm³/mol. The maximum absolute atomic E-state index is 12.8. The van der Waals surface area contributed by atoms with Crippen molar-refractivity contribution in [1.82, 2.24) is 10.3 Å². The standard InChI is InChI=1S/C30H34FN3O2/c31-14-19-16-34(17-19)18-23-12-21-4-5-22(13-29(21)36-23)30-24(20-8-10-35-11-9-20)2-1-3-25-26(30)6-7-28-27(25)15-32-33-28/h4-7,12-13,15,19-20,27-28,33H,1-3,8-11,14,16-18H2. The van der Waals surface area contributed by atoms with Crippen LogP contribution >= 0.6 is 0 Å². The third-order valence-corrected chi connectivity index (χ3v) is 8.75. The number of hydrogen-bond acceptors (Lipinski definition) is 5. The van der Waals surface area contributed by atoms with Crippen molar-refractivity contribution in [2.45, 2.75) is 44.7 Å². The highest BCUT2D eigenvalue weighted by atomic mass is 19.1. The van der Waals surface area contributed by atoms with Gasteiger partial charge in [-0.15, -0.1) is 0 Å². The highest BCUT2D eigenvalue weighted by molar-refractivity contribution is 5.92. The fourth-order valence-corrected chi connectivity index (χ4v) is 6.89. The molecule has 4 heterocycles. The predicted octanol–water partition coefficient (Wildman–Crippen LogP) is 5.64. The van der Waals surface area contributed by atoms with E-state index in [0.29, 0.717) is 11.8 Å². The molecule has 7 rings (SSSR count). The molecule has 1 aromatic heterocycles. The molecule has 5 nitrogen and oxygen atoms in total. The van der Waals surface area contributed by atoms with Crippen LogP contribution in [0.25, 0.3) is 16.5 Å². The number of hydrogen-bond donors (Lipinski definition) is 1. The van der Waals surface area contributed by atoms with Gasteiger partial charge in [0.25, 0.3) is 0 Å². The van der Waals surface area contributed by atoms with Crippen LogP contribution in [0.2, 0.25) is 0 Å². The maximum atomic E-state index is 12.8. The van der Waals surface area contributed by atoms with Gasteiger partial charge < -0.3 is 14.6 Å². The van der Waals surface area contributed by atoms with Gasteiger partial charge in [-0.05, 0) is 66.9 Å². The minimum absolute atomic E-state index is 0.192. The topological polar surface area (TPSA) is 50.0 Å². The van der Waals surface area contributed by atoms with Crippen LogP contribution in [0.3, 0.4) is 0 Å². The molecule has 0 bridgehead atoms. The molecule has 0 saturated carbocycles. The van der Waals surface area contributed by atoms with Crippen LogP contribution in [-0.2, 0) is 11.3 Å². The van der Waals surface area contributed by atoms with E-state index in [1.807, 2.05) is 0 Å². The molecule has 2 saturated heterocycles. The van der Waals surface area contributed by atoms with E-state index in [2.05, 4.69) is 58.1 Å². The Morgan fingerprint density at radius 3 is 2.81 bits per heavy atom. The van der Waals surface area contributed by atoms with Gasteiger partial charge in [0.1, 0.15) is 11.3 Å². The van der Waals surface area contributed by atoms with Crippen LogP contribution < -0.4 is 5.43 Å². The summed E-state index contributed by atoms with van der Waals surface area (Å²) >= 11 is 0. The van der Waals surface area contributed by atoms with Crippen molar-refractivity contribution in [2.75, 3.05) is 33.0 Å². The Bertz CT molecular complexity index is 1280. The summed E-state index contributed by atoms with van der Waals surface area (Å²) in [6, 6.07) is 9.19. The summed E-state index contributed by atoms with van der Waals surface area (Å²) in [5.74, 6) is 2.07. The number of likely N-dealkylation sites (tertiary alicyclic amines) is 1. The van der Waals surface area contributed by atoms with Gasteiger partial charge in [0.2, 0.25) is 0 Å². The molecule has 2 atom stereocenters. The molecular formula is C30H34FN3O2. The van der Waals surface area contributed by atoms with Crippen molar-refractivity contribution < 1.29 is 13.5 Å². The van der Waals surface area contributed by atoms with Gasteiger partial charge in [0, 0.05) is 49.7 Å². The molecule has 0 spiro atoms. The van der Waals surface area contributed by atoms with Gasteiger partial charge in [-0.2, -0.15) is 5.10 Å². The van der Waals surface area contributed by atoms with E-state index in [1.54, 1.807) is 5.57 Å². The molecule has 5 aliphatic rings. The first-order valence-electron chi connectivity index (χ1n) is 13.6. The Labute approximate surface area is 211 Å². The van der Waals surface area contributed by atoms with Crippen LogP contribution in [0.4, 0.5) is 4.39 Å². The lowest BCUT2D eigenvalue weighted by atomic mass is 9.77. The molecule has 2 aromatic rings. The first-order chi connectivity index (χ1) is 17.8. The van der Waals surface area contributed by atoms with E-state index >= 15 is 0 Å². The Morgan fingerprint density at radius 2 is 1.94 bits per heavy atom. The Kier molecular flexibility index (Phi) is 5.82.